The lowest BCUT2D eigenvalue weighted by molar-refractivity contribution is 0.0871. The zero-order valence-electron chi connectivity index (χ0n) is 10.9. The van der Waals surface area contributed by atoms with Gasteiger partial charge in [-0.2, -0.15) is 0 Å². The molecule has 0 saturated carbocycles. The summed E-state index contributed by atoms with van der Waals surface area (Å²) in [5, 5.41) is 0. The summed E-state index contributed by atoms with van der Waals surface area (Å²) in [5.41, 5.74) is 0.718. The summed E-state index contributed by atoms with van der Waals surface area (Å²) >= 11 is 0. The summed E-state index contributed by atoms with van der Waals surface area (Å²) in [5.74, 6) is 0.908. The van der Waals surface area contributed by atoms with Crippen molar-refractivity contribution in [2.24, 2.45) is 0 Å². The molecular formula is C14H22O2. The Balaban J connectivity index is 0.000000509. The van der Waals surface area contributed by atoms with Gasteiger partial charge in [-0.3, -0.25) is 4.79 Å². The third-order valence-electron chi connectivity index (χ3n) is 1.99. The van der Waals surface area contributed by atoms with Crippen LogP contribution in [0.25, 0.3) is 0 Å². The van der Waals surface area contributed by atoms with Gasteiger partial charge in [0.2, 0.25) is 0 Å². The quantitative estimate of drug-likeness (QED) is 0.660. The molecule has 0 bridgehead atoms. The number of hydrogen-bond donors (Lipinski definition) is 0. The first-order valence-corrected chi connectivity index (χ1v) is 6.06. The fourth-order valence-corrected chi connectivity index (χ4v) is 1.43. The van der Waals surface area contributed by atoms with Crippen molar-refractivity contribution in [1.82, 2.24) is 0 Å². The van der Waals surface area contributed by atoms with Gasteiger partial charge in [-0.25, -0.2) is 0 Å². The van der Waals surface area contributed by atoms with Crippen molar-refractivity contribution in [3.05, 3.63) is 29.8 Å². The molecule has 2 heteroatoms. The van der Waals surface area contributed by atoms with Gasteiger partial charge in [-0.05, 0) is 19.1 Å². The molecule has 0 radical (unpaired) electrons. The van der Waals surface area contributed by atoms with Crippen LogP contribution in [0.2, 0.25) is 0 Å². The van der Waals surface area contributed by atoms with Crippen LogP contribution in [0.4, 0.5) is 0 Å². The number of ketones is 1. The van der Waals surface area contributed by atoms with E-state index in [0.717, 1.165) is 11.3 Å². The third kappa shape index (κ3) is 3.69. The van der Waals surface area contributed by atoms with Crippen LogP contribution in [0.15, 0.2) is 24.3 Å². The molecule has 0 N–H and O–H groups in total. The van der Waals surface area contributed by atoms with Gasteiger partial charge in [0.1, 0.15) is 11.9 Å². The van der Waals surface area contributed by atoms with Crippen LogP contribution in [-0.2, 0) is 0 Å². The zero-order valence-corrected chi connectivity index (χ0v) is 10.9. The first-order valence-electron chi connectivity index (χ1n) is 6.06. The van der Waals surface area contributed by atoms with Gasteiger partial charge in [0.05, 0.1) is 5.56 Å². The Labute approximate surface area is 98.6 Å². The molecule has 0 amide bonds. The van der Waals surface area contributed by atoms with Gasteiger partial charge in [0.25, 0.3) is 0 Å². The largest absolute Gasteiger partial charge is 0.489 e. The highest BCUT2D eigenvalue weighted by atomic mass is 16.5. The SMILES string of the molecule is CC.CC.CC1CC(=O)c2ccccc2O1. The summed E-state index contributed by atoms with van der Waals surface area (Å²) in [4.78, 5) is 11.4. The average molecular weight is 222 g/mol. The highest BCUT2D eigenvalue weighted by molar-refractivity contribution is 5.99. The van der Waals surface area contributed by atoms with Gasteiger partial charge < -0.3 is 4.74 Å². The van der Waals surface area contributed by atoms with Crippen LogP contribution in [0.5, 0.6) is 5.75 Å². The normalized spacial score (nSPS) is 16.8. The highest BCUT2D eigenvalue weighted by Crippen LogP contribution is 2.26. The smallest absolute Gasteiger partial charge is 0.170 e. The molecular weight excluding hydrogens is 200 g/mol. The fraction of sp³-hybridized carbons (Fsp3) is 0.500. The second kappa shape index (κ2) is 7.91. The predicted molar refractivity (Wildman–Crippen MR) is 68.2 cm³/mol. The van der Waals surface area contributed by atoms with E-state index in [1.54, 1.807) is 0 Å². The number of rotatable bonds is 0. The number of hydrogen-bond acceptors (Lipinski definition) is 2. The second-order valence-corrected chi connectivity index (χ2v) is 3.05. The maximum absolute atomic E-state index is 11.4. The Morgan fingerprint density at radius 1 is 1.12 bits per heavy atom. The Morgan fingerprint density at radius 3 is 2.31 bits per heavy atom. The molecule has 1 heterocycles. The van der Waals surface area contributed by atoms with Crippen molar-refractivity contribution in [1.29, 1.82) is 0 Å². The number of ether oxygens (including phenoxy) is 1. The molecule has 0 aliphatic carbocycles. The molecule has 0 spiro atoms. The second-order valence-electron chi connectivity index (χ2n) is 3.05. The predicted octanol–water partition coefficient (Wildman–Crippen LogP) is 4.09. The van der Waals surface area contributed by atoms with Crippen molar-refractivity contribution in [2.75, 3.05) is 0 Å². The van der Waals surface area contributed by atoms with Crippen LogP contribution in [0.3, 0.4) is 0 Å². The number of carbonyl (C=O) groups excluding carboxylic acids is 1. The zero-order chi connectivity index (χ0) is 12.6. The molecule has 1 unspecified atom stereocenters. The number of fused-ring (bicyclic) bond motifs is 1. The van der Waals surface area contributed by atoms with E-state index in [1.165, 1.54) is 0 Å². The Bertz CT molecular complexity index is 318. The standard InChI is InChI=1S/C10H10O2.2C2H6/c1-7-6-9(11)8-4-2-3-5-10(8)12-7;2*1-2/h2-5,7H,6H2,1H3;2*1-2H3. The maximum atomic E-state index is 11.4. The summed E-state index contributed by atoms with van der Waals surface area (Å²) in [6, 6.07) is 7.38. The lowest BCUT2D eigenvalue weighted by Gasteiger charge is -2.21. The molecule has 1 aromatic carbocycles. The van der Waals surface area contributed by atoms with Crippen molar-refractivity contribution in [3.8, 4) is 5.75 Å². The number of carbonyl (C=O) groups is 1. The minimum Gasteiger partial charge on any atom is -0.489 e. The van der Waals surface area contributed by atoms with Crippen LogP contribution in [0.1, 0.15) is 51.4 Å². The van der Waals surface area contributed by atoms with E-state index in [9.17, 15) is 4.79 Å². The van der Waals surface area contributed by atoms with Gasteiger partial charge in [0, 0.05) is 6.42 Å². The first kappa shape index (κ1) is 14.7. The molecule has 1 aliphatic rings. The highest BCUT2D eigenvalue weighted by Gasteiger charge is 2.22. The summed E-state index contributed by atoms with van der Waals surface area (Å²) in [6.07, 6.45) is 0.518. The number of Topliss-reactive ketones (excluding diaryl/α,β-unsaturated/α-hetero) is 1. The lowest BCUT2D eigenvalue weighted by Crippen LogP contribution is -2.23. The molecule has 2 nitrogen and oxygen atoms in total. The van der Waals surface area contributed by atoms with Crippen LogP contribution in [0, 0.1) is 0 Å². The fourth-order valence-electron chi connectivity index (χ4n) is 1.43. The number of para-hydroxylation sites is 1. The number of benzene rings is 1. The van der Waals surface area contributed by atoms with E-state index in [2.05, 4.69) is 0 Å². The van der Waals surface area contributed by atoms with E-state index in [1.807, 2.05) is 58.9 Å². The molecule has 1 atom stereocenters. The van der Waals surface area contributed by atoms with E-state index in [0.29, 0.717) is 6.42 Å². The van der Waals surface area contributed by atoms with Gasteiger partial charge in [-0.15, -0.1) is 0 Å². The molecule has 0 aromatic heterocycles. The van der Waals surface area contributed by atoms with Crippen LogP contribution in [-0.4, -0.2) is 11.9 Å². The van der Waals surface area contributed by atoms with Crippen molar-refractivity contribution >= 4 is 5.78 Å². The van der Waals surface area contributed by atoms with Crippen molar-refractivity contribution < 1.29 is 9.53 Å². The van der Waals surface area contributed by atoms with Crippen LogP contribution < -0.4 is 4.74 Å². The average Bonchev–Trinajstić information content (AvgIpc) is 2.34. The van der Waals surface area contributed by atoms with E-state index in [-0.39, 0.29) is 11.9 Å². The molecule has 16 heavy (non-hydrogen) atoms. The summed E-state index contributed by atoms with van der Waals surface area (Å²) in [6.45, 7) is 9.91. The molecule has 90 valence electrons. The Hall–Kier alpha value is -1.31. The van der Waals surface area contributed by atoms with Gasteiger partial charge >= 0.3 is 0 Å². The molecule has 0 fully saturated rings. The van der Waals surface area contributed by atoms with Crippen LogP contribution >= 0.6 is 0 Å². The minimum atomic E-state index is 0.0207. The van der Waals surface area contributed by atoms with E-state index in [4.69, 9.17) is 4.74 Å². The summed E-state index contributed by atoms with van der Waals surface area (Å²) in [7, 11) is 0. The first-order chi connectivity index (χ1) is 7.77. The molecule has 0 saturated heterocycles. The minimum absolute atomic E-state index is 0.0207. The lowest BCUT2D eigenvalue weighted by atomic mass is 10.0. The Morgan fingerprint density at radius 2 is 1.69 bits per heavy atom. The molecule has 1 aromatic rings. The molecule has 2 rings (SSSR count). The third-order valence-corrected chi connectivity index (χ3v) is 1.99. The Kier molecular flexibility index (Phi) is 7.27. The van der Waals surface area contributed by atoms with E-state index >= 15 is 0 Å². The van der Waals surface area contributed by atoms with Crippen molar-refractivity contribution in [2.45, 2.75) is 47.1 Å². The maximum Gasteiger partial charge on any atom is 0.170 e. The molecule has 1 aliphatic heterocycles. The monoisotopic (exact) mass is 222 g/mol. The van der Waals surface area contributed by atoms with Gasteiger partial charge in [-0.1, -0.05) is 39.8 Å². The topological polar surface area (TPSA) is 26.3 Å². The van der Waals surface area contributed by atoms with Gasteiger partial charge in [0.15, 0.2) is 5.78 Å². The summed E-state index contributed by atoms with van der Waals surface area (Å²) < 4.78 is 5.48. The van der Waals surface area contributed by atoms with Crippen molar-refractivity contribution in [3.63, 3.8) is 0 Å². The van der Waals surface area contributed by atoms with E-state index < -0.39 is 0 Å².